The second-order valence-corrected chi connectivity index (χ2v) is 5.86. The van der Waals surface area contributed by atoms with Crippen LogP contribution in [0.3, 0.4) is 0 Å². The number of rotatable bonds is 5. The average molecular weight is 344 g/mol. The second-order valence-electron chi connectivity index (χ2n) is 5.05. The van der Waals surface area contributed by atoms with Gasteiger partial charge >= 0.3 is 6.03 Å². The summed E-state index contributed by atoms with van der Waals surface area (Å²) in [7, 11) is 0. The van der Waals surface area contributed by atoms with E-state index in [0.29, 0.717) is 16.6 Å². The Morgan fingerprint density at radius 1 is 1.36 bits per heavy atom. The number of carbonyl (C=O) groups is 3. The monoisotopic (exact) mass is 343 g/mol. The van der Waals surface area contributed by atoms with E-state index in [1.165, 1.54) is 0 Å². The summed E-state index contributed by atoms with van der Waals surface area (Å²) in [5.74, 6) is -0.840. The molecule has 2 N–H and O–H groups in total. The zero-order chi connectivity index (χ0) is 16.3. The van der Waals surface area contributed by atoms with E-state index in [2.05, 4.69) is 10.6 Å². The summed E-state index contributed by atoms with van der Waals surface area (Å²) in [4.78, 5) is 35.4. The van der Waals surface area contributed by atoms with Gasteiger partial charge < -0.3 is 10.2 Å². The number of imide groups is 1. The van der Waals surface area contributed by atoms with E-state index in [1.54, 1.807) is 18.2 Å². The Morgan fingerprint density at radius 2 is 2.00 bits per heavy atom. The Kier molecular flexibility index (Phi) is 5.26. The SMILES string of the molecule is C[C@@H](CNC(=O)CN1CC(=O)NC1=O)c1c(Cl)cccc1Cl. The Hall–Kier alpha value is -1.79. The highest BCUT2D eigenvalue weighted by Crippen LogP contribution is 2.30. The van der Waals surface area contributed by atoms with Crippen LogP contribution < -0.4 is 10.6 Å². The molecule has 1 atom stereocenters. The smallest absolute Gasteiger partial charge is 0.325 e. The van der Waals surface area contributed by atoms with E-state index in [0.717, 1.165) is 10.5 Å². The first-order valence-electron chi connectivity index (χ1n) is 6.68. The minimum Gasteiger partial charge on any atom is -0.354 e. The fourth-order valence-electron chi connectivity index (χ4n) is 2.19. The molecule has 4 amide bonds. The highest BCUT2D eigenvalue weighted by atomic mass is 35.5. The van der Waals surface area contributed by atoms with E-state index in [-0.39, 0.29) is 24.9 Å². The van der Waals surface area contributed by atoms with E-state index >= 15 is 0 Å². The molecule has 118 valence electrons. The third-order valence-electron chi connectivity index (χ3n) is 3.30. The van der Waals surface area contributed by atoms with E-state index in [4.69, 9.17) is 23.2 Å². The molecule has 1 saturated heterocycles. The molecule has 0 aromatic heterocycles. The molecule has 0 bridgehead atoms. The molecule has 0 spiro atoms. The zero-order valence-corrected chi connectivity index (χ0v) is 13.4. The Bertz CT molecular complexity index is 601. The number of urea groups is 1. The molecule has 1 aliphatic rings. The van der Waals surface area contributed by atoms with Crippen molar-refractivity contribution in [2.45, 2.75) is 12.8 Å². The molecule has 8 heteroatoms. The number of hydrogen-bond donors (Lipinski definition) is 2. The van der Waals surface area contributed by atoms with Crippen LogP contribution in [0.1, 0.15) is 18.4 Å². The van der Waals surface area contributed by atoms with Gasteiger partial charge in [-0.25, -0.2) is 4.79 Å². The standard InChI is InChI=1S/C14H15Cl2N3O3/c1-8(13-9(15)3-2-4-10(13)16)5-17-11(20)6-19-7-12(21)18-14(19)22/h2-4,8H,5-7H2,1H3,(H,17,20)(H,18,21,22)/t8-/m0/s1. The van der Waals surface area contributed by atoms with Crippen molar-refractivity contribution in [3.8, 4) is 0 Å². The maximum absolute atomic E-state index is 11.8. The lowest BCUT2D eigenvalue weighted by molar-refractivity contribution is -0.122. The summed E-state index contributed by atoms with van der Waals surface area (Å²) in [6, 6.07) is 4.67. The van der Waals surface area contributed by atoms with Gasteiger partial charge in [0.25, 0.3) is 0 Å². The van der Waals surface area contributed by atoms with Gasteiger partial charge in [0, 0.05) is 22.5 Å². The van der Waals surface area contributed by atoms with E-state index < -0.39 is 11.9 Å². The topological polar surface area (TPSA) is 78.5 Å². The normalized spacial score (nSPS) is 15.7. The number of nitrogens with zero attached hydrogens (tertiary/aromatic N) is 1. The van der Waals surface area contributed by atoms with Gasteiger partial charge in [0.2, 0.25) is 11.8 Å². The molecule has 0 unspecified atom stereocenters. The third-order valence-corrected chi connectivity index (χ3v) is 3.96. The van der Waals surface area contributed by atoms with Crippen molar-refractivity contribution in [3.05, 3.63) is 33.8 Å². The number of amides is 4. The number of carbonyl (C=O) groups excluding carboxylic acids is 3. The van der Waals surface area contributed by atoms with Crippen molar-refractivity contribution in [1.29, 1.82) is 0 Å². The molecule has 0 saturated carbocycles. The molecule has 1 aromatic carbocycles. The molecule has 2 rings (SSSR count). The molecule has 1 heterocycles. The van der Waals surface area contributed by atoms with Crippen LogP contribution in [0.5, 0.6) is 0 Å². The van der Waals surface area contributed by atoms with Crippen molar-refractivity contribution in [2.24, 2.45) is 0 Å². The number of nitrogens with one attached hydrogen (secondary N) is 2. The number of benzene rings is 1. The summed E-state index contributed by atoms with van der Waals surface area (Å²) in [5.41, 5.74) is 0.764. The van der Waals surface area contributed by atoms with Gasteiger partial charge in [-0.15, -0.1) is 0 Å². The van der Waals surface area contributed by atoms with Crippen molar-refractivity contribution >= 4 is 41.0 Å². The zero-order valence-electron chi connectivity index (χ0n) is 11.9. The Labute approximate surface area is 137 Å². The molecule has 1 aromatic rings. The number of hydrogen-bond acceptors (Lipinski definition) is 3. The predicted octanol–water partition coefficient (Wildman–Crippen LogP) is 1.76. The van der Waals surface area contributed by atoms with Crippen molar-refractivity contribution in [1.82, 2.24) is 15.5 Å². The van der Waals surface area contributed by atoms with E-state index in [9.17, 15) is 14.4 Å². The van der Waals surface area contributed by atoms with Crippen LogP contribution in [-0.2, 0) is 9.59 Å². The Balaban J connectivity index is 1.88. The van der Waals surface area contributed by atoms with Crippen LogP contribution in [0.25, 0.3) is 0 Å². The molecule has 0 radical (unpaired) electrons. The van der Waals surface area contributed by atoms with Crippen LogP contribution in [0.4, 0.5) is 4.79 Å². The summed E-state index contributed by atoms with van der Waals surface area (Å²) >= 11 is 12.2. The third kappa shape index (κ3) is 3.90. The molecular weight excluding hydrogens is 329 g/mol. The molecule has 22 heavy (non-hydrogen) atoms. The van der Waals surface area contributed by atoms with Gasteiger partial charge in [-0.1, -0.05) is 36.2 Å². The van der Waals surface area contributed by atoms with Crippen LogP contribution >= 0.6 is 23.2 Å². The quantitative estimate of drug-likeness (QED) is 0.799. The lowest BCUT2D eigenvalue weighted by Gasteiger charge is -2.17. The Morgan fingerprint density at radius 3 is 2.55 bits per heavy atom. The van der Waals surface area contributed by atoms with Gasteiger partial charge in [-0.3, -0.25) is 14.9 Å². The van der Waals surface area contributed by atoms with Crippen LogP contribution in [0.15, 0.2) is 18.2 Å². The van der Waals surface area contributed by atoms with Gasteiger partial charge in [0.1, 0.15) is 13.1 Å². The lowest BCUT2D eigenvalue weighted by Crippen LogP contribution is -2.40. The molecule has 1 aliphatic heterocycles. The first kappa shape index (κ1) is 16.6. The predicted molar refractivity (Wildman–Crippen MR) is 83.0 cm³/mol. The van der Waals surface area contributed by atoms with Crippen molar-refractivity contribution in [3.63, 3.8) is 0 Å². The maximum atomic E-state index is 11.8. The van der Waals surface area contributed by atoms with E-state index in [1.807, 2.05) is 6.92 Å². The lowest BCUT2D eigenvalue weighted by atomic mass is 10.0. The first-order valence-corrected chi connectivity index (χ1v) is 7.43. The molecule has 6 nitrogen and oxygen atoms in total. The second kappa shape index (κ2) is 6.98. The van der Waals surface area contributed by atoms with Gasteiger partial charge in [0.05, 0.1) is 0 Å². The molecule has 1 fully saturated rings. The summed E-state index contributed by atoms with van der Waals surface area (Å²) in [5, 5.41) is 5.90. The summed E-state index contributed by atoms with van der Waals surface area (Å²) in [6.07, 6.45) is 0. The van der Waals surface area contributed by atoms with Crippen LogP contribution in [-0.4, -0.2) is 42.4 Å². The average Bonchev–Trinajstić information content (AvgIpc) is 2.74. The highest BCUT2D eigenvalue weighted by Gasteiger charge is 2.28. The highest BCUT2D eigenvalue weighted by molar-refractivity contribution is 6.36. The van der Waals surface area contributed by atoms with Gasteiger partial charge in [-0.2, -0.15) is 0 Å². The van der Waals surface area contributed by atoms with Crippen molar-refractivity contribution < 1.29 is 14.4 Å². The fraction of sp³-hybridized carbons (Fsp3) is 0.357. The minimum absolute atomic E-state index is 0.0841. The van der Waals surface area contributed by atoms with Crippen LogP contribution in [0, 0.1) is 0 Å². The summed E-state index contributed by atoms with van der Waals surface area (Å²) in [6.45, 7) is 1.95. The van der Waals surface area contributed by atoms with Crippen molar-refractivity contribution in [2.75, 3.05) is 19.6 Å². The maximum Gasteiger partial charge on any atom is 0.325 e. The summed E-state index contributed by atoms with van der Waals surface area (Å²) < 4.78 is 0. The van der Waals surface area contributed by atoms with Gasteiger partial charge in [-0.05, 0) is 17.7 Å². The first-order chi connectivity index (χ1) is 10.4. The molecular formula is C14H15Cl2N3O3. The number of halogens is 2. The fourth-order valence-corrected chi connectivity index (χ4v) is 2.96. The molecule has 0 aliphatic carbocycles. The van der Waals surface area contributed by atoms with Crippen LogP contribution in [0.2, 0.25) is 10.0 Å². The minimum atomic E-state index is -0.553. The largest absolute Gasteiger partial charge is 0.354 e. The van der Waals surface area contributed by atoms with Gasteiger partial charge in [0.15, 0.2) is 0 Å².